The van der Waals surface area contributed by atoms with Crippen molar-refractivity contribution in [3.63, 3.8) is 0 Å². The second kappa shape index (κ2) is 7.59. The number of nitrogens with zero attached hydrogens (tertiary/aromatic N) is 1. The Hall–Kier alpha value is -0.610. The molecule has 0 aromatic heterocycles. The first kappa shape index (κ1) is 16.8. The van der Waals surface area contributed by atoms with E-state index in [1.807, 2.05) is 6.92 Å². The molecule has 0 aromatic carbocycles. The van der Waals surface area contributed by atoms with Crippen LogP contribution in [-0.4, -0.2) is 48.7 Å². The highest BCUT2D eigenvalue weighted by molar-refractivity contribution is 5.81. The van der Waals surface area contributed by atoms with Crippen molar-refractivity contribution < 1.29 is 9.53 Å². The van der Waals surface area contributed by atoms with Crippen LogP contribution >= 0.6 is 0 Å². The third kappa shape index (κ3) is 3.78. The number of hydrogen-bond donors (Lipinski definition) is 1. The van der Waals surface area contributed by atoms with E-state index in [-0.39, 0.29) is 5.97 Å². The van der Waals surface area contributed by atoms with Crippen LogP contribution in [0.2, 0.25) is 0 Å². The minimum atomic E-state index is -0.423. The lowest BCUT2D eigenvalue weighted by molar-refractivity contribution is -0.153. The van der Waals surface area contributed by atoms with E-state index in [1.54, 1.807) is 0 Å². The summed E-state index contributed by atoms with van der Waals surface area (Å²) >= 11 is 0. The van der Waals surface area contributed by atoms with Crippen molar-refractivity contribution in [3.05, 3.63) is 0 Å². The fourth-order valence-corrected chi connectivity index (χ4v) is 3.98. The van der Waals surface area contributed by atoms with E-state index < -0.39 is 5.54 Å². The van der Waals surface area contributed by atoms with Crippen molar-refractivity contribution in [1.82, 2.24) is 10.2 Å². The lowest BCUT2D eigenvalue weighted by atomic mass is 9.84. The van der Waals surface area contributed by atoms with Crippen LogP contribution in [-0.2, 0) is 9.53 Å². The summed E-state index contributed by atoms with van der Waals surface area (Å²) in [5.74, 6) is 0.396. The van der Waals surface area contributed by atoms with Gasteiger partial charge in [-0.2, -0.15) is 0 Å². The van der Waals surface area contributed by atoms with Crippen LogP contribution in [0.3, 0.4) is 0 Å². The zero-order chi connectivity index (χ0) is 15.3. The van der Waals surface area contributed by atoms with Crippen molar-refractivity contribution in [3.8, 4) is 0 Å². The topological polar surface area (TPSA) is 41.6 Å². The first-order valence-electron chi connectivity index (χ1n) is 8.84. The average Bonchev–Trinajstić information content (AvgIpc) is 3.23. The first-order chi connectivity index (χ1) is 10.2. The number of nitrogens with one attached hydrogen (secondary N) is 1. The minimum Gasteiger partial charge on any atom is -0.465 e. The smallest absolute Gasteiger partial charge is 0.326 e. The molecule has 2 aliphatic rings. The lowest BCUT2D eigenvalue weighted by Gasteiger charge is -2.35. The summed E-state index contributed by atoms with van der Waals surface area (Å²) in [4.78, 5) is 15.1. The van der Waals surface area contributed by atoms with E-state index in [9.17, 15) is 4.79 Å². The summed E-state index contributed by atoms with van der Waals surface area (Å²) in [6, 6.07) is 0.813. The maximum absolute atomic E-state index is 12.5. The molecule has 0 saturated heterocycles. The molecule has 0 heterocycles. The predicted octanol–water partition coefficient (Wildman–Crippen LogP) is 2.57. The fourth-order valence-electron chi connectivity index (χ4n) is 3.98. The van der Waals surface area contributed by atoms with Crippen molar-refractivity contribution >= 4 is 5.97 Å². The Bertz CT molecular complexity index is 344. The Morgan fingerprint density at radius 2 is 2.05 bits per heavy atom. The van der Waals surface area contributed by atoms with Gasteiger partial charge in [-0.05, 0) is 64.6 Å². The maximum Gasteiger partial charge on any atom is 0.326 e. The van der Waals surface area contributed by atoms with Gasteiger partial charge in [-0.15, -0.1) is 0 Å². The van der Waals surface area contributed by atoms with E-state index in [2.05, 4.69) is 24.1 Å². The van der Waals surface area contributed by atoms with Gasteiger partial charge < -0.3 is 15.0 Å². The zero-order valence-electron chi connectivity index (χ0n) is 14.0. The summed E-state index contributed by atoms with van der Waals surface area (Å²) < 4.78 is 5.39. The molecule has 4 heteroatoms. The van der Waals surface area contributed by atoms with E-state index in [0.717, 1.165) is 51.4 Å². The van der Waals surface area contributed by atoms with Crippen LogP contribution in [0, 0.1) is 5.92 Å². The van der Waals surface area contributed by atoms with Crippen LogP contribution < -0.4 is 5.32 Å². The quantitative estimate of drug-likeness (QED) is 0.664. The van der Waals surface area contributed by atoms with Crippen molar-refractivity contribution in [1.29, 1.82) is 0 Å². The van der Waals surface area contributed by atoms with Gasteiger partial charge in [0.25, 0.3) is 0 Å². The molecule has 2 fully saturated rings. The first-order valence-corrected chi connectivity index (χ1v) is 8.84. The van der Waals surface area contributed by atoms with Crippen LogP contribution in [0.4, 0.5) is 0 Å². The van der Waals surface area contributed by atoms with E-state index in [4.69, 9.17) is 4.74 Å². The third-order valence-corrected chi connectivity index (χ3v) is 5.19. The average molecular weight is 296 g/mol. The van der Waals surface area contributed by atoms with Crippen LogP contribution in [0.1, 0.15) is 59.3 Å². The molecule has 4 nitrogen and oxygen atoms in total. The monoisotopic (exact) mass is 296 g/mol. The summed E-state index contributed by atoms with van der Waals surface area (Å²) in [6.45, 7) is 9.78. The molecule has 0 bridgehead atoms. The Morgan fingerprint density at radius 3 is 2.62 bits per heavy atom. The Morgan fingerprint density at radius 1 is 1.29 bits per heavy atom. The normalized spacial score (nSPS) is 29.0. The van der Waals surface area contributed by atoms with Gasteiger partial charge >= 0.3 is 5.97 Å². The minimum absolute atomic E-state index is 0.0242. The molecule has 2 aliphatic carbocycles. The van der Waals surface area contributed by atoms with Crippen LogP contribution in [0.25, 0.3) is 0 Å². The molecular weight excluding hydrogens is 264 g/mol. The molecule has 0 amide bonds. The summed E-state index contributed by atoms with van der Waals surface area (Å²) in [5, 5.41) is 3.49. The van der Waals surface area contributed by atoms with Gasteiger partial charge in [-0.25, -0.2) is 0 Å². The maximum atomic E-state index is 12.5. The zero-order valence-corrected chi connectivity index (χ0v) is 14.0. The second-order valence-corrected chi connectivity index (χ2v) is 6.46. The second-order valence-electron chi connectivity index (χ2n) is 6.46. The highest BCUT2D eigenvalue weighted by atomic mass is 16.5. The van der Waals surface area contributed by atoms with E-state index >= 15 is 0 Å². The number of likely N-dealkylation sites (N-methyl/N-ethyl adjacent to an activating group) is 1. The Labute approximate surface area is 129 Å². The Kier molecular flexibility index (Phi) is 6.06. The van der Waals surface area contributed by atoms with Crippen molar-refractivity contribution in [2.24, 2.45) is 5.92 Å². The van der Waals surface area contributed by atoms with Crippen molar-refractivity contribution in [2.45, 2.75) is 70.9 Å². The molecule has 0 spiro atoms. The number of hydrogen-bond acceptors (Lipinski definition) is 4. The molecule has 1 N–H and O–H groups in total. The third-order valence-electron chi connectivity index (χ3n) is 5.19. The molecule has 0 radical (unpaired) electrons. The summed E-state index contributed by atoms with van der Waals surface area (Å²) in [6.07, 6.45) is 7.03. The highest BCUT2D eigenvalue weighted by Gasteiger charge is 2.49. The number of ether oxygens (including phenoxy) is 1. The van der Waals surface area contributed by atoms with Gasteiger partial charge in [0.15, 0.2) is 0 Å². The van der Waals surface area contributed by atoms with Gasteiger partial charge in [0.05, 0.1) is 6.61 Å². The summed E-state index contributed by atoms with van der Waals surface area (Å²) in [5.41, 5.74) is -0.423. The number of carbonyl (C=O) groups is 1. The molecule has 2 atom stereocenters. The van der Waals surface area contributed by atoms with Gasteiger partial charge in [0, 0.05) is 6.04 Å². The van der Waals surface area contributed by atoms with E-state index in [1.165, 1.54) is 12.8 Å². The van der Waals surface area contributed by atoms with Crippen LogP contribution in [0.5, 0.6) is 0 Å². The van der Waals surface area contributed by atoms with Gasteiger partial charge in [-0.3, -0.25) is 4.79 Å². The number of rotatable bonds is 9. The SMILES string of the molecule is CCNC1(C(=O)OCC)CCCC1CCN(CC)C1CC1. The standard InChI is InChI=1S/C17H32N2O2/c1-4-18-17(16(20)21-6-3)12-7-8-14(17)11-13-19(5-2)15-9-10-15/h14-15,18H,4-13H2,1-3H3. The van der Waals surface area contributed by atoms with Gasteiger partial charge in [0.2, 0.25) is 0 Å². The molecule has 122 valence electrons. The molecule has 0 aromatic rings. The molecular formula is C17H32N2O2. The fraction of sp³-hybridized carbons (Fsp3) is 0.941. The lowest BCUT2D eigenvalue weighted by Crippen LogP contribution is -2.56. The molecule has 2 unspecified atom stereocenters. The Balaban J connectivity index is 1.99. The molecule has 2 saturated carbocycles. The van der Waals surface area contributed by atoms with Gasteiger partial charge in [0.1, 0.15) is 5.54 Å². The largest absolute Gasteiger partial charge is 0.465 e. The molecule has 21 heavy (non-hydrogen) atoms. The summed E-state index contributed by atoms with van der Waals surface area (Å²) in [7, 11) is 0. The predicted molar refractivity (Wildman–Crippen MR) is 85.3 cm³/mol. The van der Waals surface area contributed by atoms with E-state index in [0.29, 0.717) is 12.5 Å². The van der Waals surface area contributed by atoms with Crippen LogP contribution in [0.15, 0.2) is 0 Å². The number of carbonyl (C=O) groups excluding carboxylic acids is 1. The van der Waals surface area contributed by atoms with Crippen molar-refractivity contribution in [2.75, 3.05) is 26.2 Å². The van der Waals surface area contributed by atoms with Gasteiger partial charge in [-0.1, -0.05) is 20.3 Å². The number of esters is 1. The molecule has 0 aliphatic heterocycles. The highest BCUT2D eigenvalue weighted by Crippen LogP contribution is 2.39. The molecule has 2 rings (SSSR count).